The maximum absolute atomic E-state index is 14.5. The molecule has 0 saturated carbocycles. The number of nitrogens with zero attached hydrogens (tertiary/aromatic N) is 5. The van der Waals surface area contributed by atoms with E-state index in [1.165, 1.54) is 28.9 Å². The summed E-state index contributed by atoms with van der Waals surface area (Å²) in [6, 6.07) is 19.0. The number of ether oxygens (including phenoxy) is 3. The lowest BCUT2D eigenvalue weighted by Gasteiger charge is -2.35. The van der Waals surface area contributed by atoms with Gasteiger partial charge in [0.15, 0.2) is 0 Å². The van der Waals surface area contributed by atoms with Crippen LogP contribution in [0.2, 0.25) is 0 Å². The molecule has 0 aliphatic carbocycles. The van der Waals surface area contributed by atoms with E-state index in [0.717, 1.165) is 31.7 Å². The first-order valence-corrected chi connectivity index (χ1v) is 18.9. The van der Waals surface area contributed by atoms with Crippen LogP contribution in [0.3, 0.4) is 0 Å². The van der Waals surface area contributed by atoms with Crippen molar-refractivity contribution < 1.29 is 52.4 Å². The number of carbonyl (C=O) groups excluding carboxylic acids is 4. The second-order valence-electron chi connectivity index (χ2n) is 13.4. The van der Waals surface area contributed by atoms with Crippen LogP contribution in [-0.2, 0) is 30.4 Å². The molecule has 18 heteroatoms. The molecule has 15 nitrogen and oxygen atoms in total. The lowest BCUT2D eigenvalue weighted by molar-refractivity contribution is -0.129. The quantitative estimate of drug-likeness (QED) is 0.256. The first kappa shape index (κ1) is 43.1. The van der Waals surface area contributed by atoms with Crippen LogP contribution in [0.25, 0.3) is 0 Å². The Morgan fingerprint density at radius 3 is 1.68 bits per heavy atom. The van der Waals surface area contributed by atoms with E-state index in [1.807, 2.05) is 40.1 Å². The molecule has 2 atom stereocenters. The molecule has 0 bridgehead atoms. The van der Waals surface area contributed by atoms with Crippen LogP contribution in [0.5, 0.6) is 0 Å². The number of halogens is 3. The molecule has 3 amide bonds. The van der Waals surface area contributed by atoms with E-state index in [2.05, 4.69) is 5.32 Å². The third-order valence-corrected chi connectivity index (χ3v) is 9.60. The van der Waals surface area contributed by atoms with Crippen molar-refractivity contribution in [3.05, 3.63) is 83.9 Å². The van der Waals surface area contributed by atoms with Gasteiger partial charge in [0.2, 0.25) is 11.1 Å². The number of rotatable bonds is 10. The molecule has 4 fully saturated rings. The molecule has 308 valence electrons. The molecule has 0 radical (unpaired) electrons. The van der Waals surface area contributed by atoms with Crippen molar-refractivity contribution in [3.63, 3.8) is 0 Å². The summed E-state index contributed by atoms with van der Waals surface area (Å²) in [5.74, 6) is -0.755. The summed E-state index contributed by atoms with van der Waals surface area (Å²) >= 11 is 5.08. The fourth-order valence-electron chi connectivity index (χ4n) is 6.49. The highest BCUT2D eigenvalue weighted by Crippen LogP contribution is 2.30. The smallest absolute Gasteiger partial charge is 0.414 e. The van der Waals surface area contributed by atoms with Gasteiger partial charge in [0.1, 0.15) is 30.4 Å². The van der Waals surface area contributed by atoms with Gasteiger partial charge in [-0.1, -0.05) is 30.3 Å². The number of hydrogen-bond acceptors (Lipinski definition) is 12. The van der Waals surface area contributed by atoms with Gasteiger partial charge >= 0.3 is 12.2 Å². The zero-order valence-corrected chi connectivity index (χ0v) is 32.3. The molecule has 0 unspecified atom stereocenters. The van der Waals surface area contributed by atoms with Crippen LogP contribution >= 0.6 is 11.6 Å². The normalized spacial score (nSPS) is 19.3. The largest absolute Gasteiger partial charge is 0.441 e. The fourth-order valence-corrected chi connectivity index (χ4v) is 6.56. The Balaban J connectivity index is 0.000000172. The van der Waals surface area contributed by atoms with E-state index in [-0.39, 0.29) is 44.6 Å². The molecule has 3 aromatic carbocycles. The standard InChI is InChI=1S/C16H20FN3O4.C14H18FN3O3.C9H9ClO2/c1-11(22)18-4-6-19(7-5-18)15-3-2-12(8-14(15)17)20-9-13(10-21)24-16(20)23;15-12-7-10(18-8-11(9-19)21-14(18)20)1-2-13(12)17-5-3-16-4-6-17;10-9(11)7-12-6-8-4-2-1-3-5-8/h2-3,8,13,21H,4-7,9-10H2,1H3;1-2,7,11,16,19H,3-6,8-9H2;1-5H,6-7H2/t13-;11-;/m11./s1. The third kappa shape index (κ3) is 12.0. The second-order valence-corrected chi connectivity index (χ2v) is 13.9. The van der Waals surface area contributed by atoms with Gasteiger partial charge in [-0.3, -0.25) is 19.4 Å². The number of benzene rings is 3. The molecule has 0 spiro atoms. The highest BCUT2D eigenvalue weighted by atomic mass is 35.5. The Bertz CT molecular complexity index is 1830. The molecule has 4 aliphatic heterocycles. The molecule has 7 rings (SSSR count). The third-order valence-electron chi connectivity index (χ3n) is 9.49. The minimum atomic E-state index is -0.587. The van der Waals surface area contributed by atoms with Gasteiger partial charge in [0, 0.05) is 59.3 Å². The van der Waals surface area contributed by atoms with Gasteiger partial charge in [-0.15, -0.1) is 0 Å². The monoisotopic (exact) mass is 816 g/mol. The lowest BCUT2D eigenvalue weighted by atomic mass is 10.2. The van der Waals surface area contributed by atoms with Crippen LogP contribution in [0.1, 0.15) is 12.5 Å². The van der Waals surface area contributed by atoms with Crippen LogP contribution in [0, 0.1) is 11.6 Å². The summed E-state index contributed by atoms with van der Waals surface area (Å²) in [6.07, 6.45) is -2.27. The first-order valence-electron chi connectivity index (χ1n) is 18.5. The van der Waals surface area contributed by atoms with Crippen molar-refractivity contribution in [3.8, 4) is 0 Å². The predicted molar refractivity (Wildman–Crippen MR) is 209 cm³/mol. The average molecular weight is 817 g/mol. The molecule has 4 saturated heterocycles. The van der Waals surface area contributed by atoms with Crippen molar-refractivity contribution >= 4 is 57.7 Å². The minimum absolute atomic E-state index is 0.0245. The molecular weight excluding hydrogens is 770 g/mol. The van der Waals surface area contributed by atoms with E-state index in [9.17, 15) is 28.0 Å². The number of cyclic esters (lactones) is 2. The molecule has 0 aromatic heterocycles. The number of anilines is 4. The zero-order valence-electron chi connectivity index (χ0n) is 31.5. The summed E-state index contributed by atoms with van der Waals surface area (Å²) in [5, 5.41) is 20.8. The Kier molecular flexibility index (Phi) is 15.8. The van der Waals surface area contributed by atoms with Crippen molar-refractivity contribution in [1.29, 1.82) is 0 Å². The summed E-state index contributed by atoms with van der Waals surface area (Å²) < 4.78 is 43.7. The molecule has 3 N–H and O–H groups in total. The molecule has 4 heterocycles. The summed E-state index contributed by atoms with van der Waals surface area (Å²) in [6.45, 7) is 7.30. The first-order chi connectivity index (χ1) is 27.5. The molecule has 3 aromatic rings. The molecule has 4 aliphatic rings. The van der Waals surface area contributed by atoms with Gasteiger partial charge in [-0.05, 0) is 53.6 Å². The van der Waals surface area contributed by atoms with Gasteiger partial charge in [-0.25, -0.2) is 18.4 Å². The zero-order chi connectivity index (χ0) is 40.9. The fraction of sp³-hybridized carbons (Fsp3) is 0.436. The Labute approximate surface area is 334 Å². The van der Waals surface area contributed by atoms with Crippen molar-refractivity contribution in [2.75, 3.05) is 105 Å². The number of aliphatic hydroxyl groups excluding tert-OH is 2. The van der Waals surface area contributed by atoms with Gasteiger partial charge in [0.25, 0.3) is 0 Å². The number of aliphatic hydroxyl groups is 2. The van der Waals surface area contributed by atoms with Crippen LogP contribution < -0.4 is 24.9 Å². The summed E-state index contributed by atoms with van der Waals surface area (Å²) in [7, 11) is 0. The van der Waals surface area contributed by atoms with Crippen LogP contribution in [0.15, 0.2) is 66.7 Å². The van der Waals surface area contributed by atoms with Gasteiger partial charge in [0.05, 0.1) is 55.7 Å². The summed E-state index contributed by atoms with van der Waals surface area (Å²) in [5.41, 5.74) is 2.89. The topological polar surface area (TPSA) is 165 Å². The van der Waals surface area contributed by atoms with Gasteiger partial charge in [-0.2, -0.15) is 0 Å². The van der Waals surface area contributed by atoms with Crippen molar-refractivity contribution in [2.24, 2.45) is 0 Å². The lowest BCUT2D eigenvalue weighted by Crippen LogP contribution is -2.48. The van der Waals surface area contributed by atoms with Crippen molar-refractivity contribution in [1.82, 2.24) is 10.2 Å². The SMILES string of the molecule is CC(=O)N1CCN(c2ccc(N3C[C@H](CO)OC3=O)cc2F)CC1.O=C(Cl)COCc1ccccc1.O=C1O[C@@H](CO)CN1c1ccc(N2CCNCC2)c(F)c1. The summed E-state index contributed by atoms with van der Waals surface area (Å²) in [4.78, 5) is 53.3. The highest BCUT2D eigenvalue weighted by Gasteiger charge is 2.34. The van der Waals surface area contributed by atoms with E-state index in [0.29, 0.717) is 55.5 Å². The number of hydrogen-bond donors (Lipinski definition) is 3. The average Bonchev–Trinajstić information content (AvgIpc) is 3.80. The van der Waals surface area contributed by atoms with Crippen LogP contribution in [-0.4, -0.2) is 136 Å². The van der Waals surface area contributed by atoms with E-state index in [4.69, 9.17) is 36.0 Å². The van der Waals surface area contributed by atoms with Gasteiger partial charge < -0.3 is 44.4 Å². The van der Waals surface area contributed by atoms with Crippen molar-refractivity contribution in [2.45, 2.75) is 25.7 Å². The highest BCUT2D eigenvalue weighted by molar-refractivity contribution is 6.63. The van der Waals surface area contributed by atoms with E-state index >= 15 is 0 Å². The number of carbonyl (C=O) groups is 4. The maximum Gasteiger partial charge on any atom is 0.414 e. The molecular formula is C39H47ClF2N6O9. The number of amides is 3. The number of nitrogens with one attached hydrogen (secondary N) is 1. The van der Waals surface area contributed by atoms with Crippen LogP contribution in [0.4, 0.5) is 41.1 Å². The maximum atomic E-state index is 14.5. The van der Waals surface area contributed by atoms with E-state index < -0.39 is 35.5 Å². The predicted octanol–water partition coefficient (Wildman–Crippen LogP) is 3.33. The Hall–Kier alpha value is -5.07. The Morgan fingerprint density at radius 2 is 1.26 bits per heavy atom. The molecule has 57 heavy (non-hydrogen) atoms. The number of piperazine rings is 2. The second kappa shape index (κ2) is 20.9. The minimum Gasteiger partial charge on any atom is -0.441 e. The van der Waals surface area contributed by atoms with E-state index in [1.54, 1.807) is 29.2 Å². The Morgan fingerprint density at radius 1 is 0.772 bits per heavy atom.